The Balaban J connectivity index is 1.66. The molecule has 0 spiro atoms. The Morgan fingerprint density at radius 1 is 1.03 bits per heavy atom. The average molecular weight is 411 g/mol. The molecular formula is C21H19ClN4O3. The van der Waals surface area contributed by atoms with Gasteiger partial charge >= 0.3 is 0 Å². The minimum Gasteiger partial charge on any atom is -0.350 e. The molecule has 3 rings (SSSR count). The molecule has 29 heavy (non-hydrogen) atoms. The molecule has 0 fully saturated rings. The molecule has 2 aromatic carbocycles. The van der Waals surface area contributed by atoms with Crippen molar-refractivity contribution in [1.29, 1.82) is 0 Å². The predicted octanol–water partition coefficient (Wildman–Crippen LogP) is 2.77. The van der Waals surface area contributed by atoms with Crippen LogP contribution in [0.1, 0.15) is 21.6 Å². The summed E-state index contributed by atoms with van der Waals surface area (Å²) in [6, 6.07) is 16.9. The smallest absolute Gasteiger partial charge is 0.276 e. The second-order valence-corrected chi connectivity index (χ2v) is 6.81. The van der Waals surface area contributed by atoms with Gasteiger partial charge in [-0.3, -0.25) is 14.4 Å². The van der Waals surface area contributed by atoms with Crippen molar-refractivity contribution in [3.8, 4) is 0 Å². The van der Waals surface area contributed by atoms with Gasteiger partial charge in [0.15, 0.2) is 0 Å². The first-order chi connectivity index (χ1) is 13.9. The number of nitrogens with one attached hydrogen (secondary N) is 2. The Hall–Kier alpha value is -3.45. The lowest BCUT2D eigenvalue weighted by atomic mass is 10.2. The van der Waals surface area contributed by atoms with Crippen molar-refractivity contribution in [2.24, 2.45) is 0 Å². The summed E-state index contributed by atoms with van der Waals surface area (Å²) in [5, 5.41) is 9.94. The van der Waals surface area contributed by atoms with Gasteiger partial charge in [-0.15, -0.1) is 0 Å². The lowest BCUT2D eigenvalue weighted by molar-refractivity contribution is -0.122. The van der Waals surface area contributed by atoms with E-state index in [1.165, 1.54) is 12.1 Å². The summed E-state index contributed by atoms with van der Waals surface area (Å²) in [6.07, 6.45) is 0. The number of carbonyl (C=O) groups is 2. The molecule has 0 saturated carbocycles. The molecule has 0 aliphatic carbocycles. The molecule has 1 aromatic heterocycles. The fraction of sp³-hybridized carbons (Fsp3) is 0.143. The third kappa shape index (κ3) is 5.52. The summed E-state index contributed by atoms with van der Waals surface area (Å²) in [7, 11) is 0. The van der Waals surface area contributed by atoms with Gasteiger partial charge in [0.1, 0.15) is 12.2 Å². The van der Waals surface area contributed by atoms with Gasteiger partial charge in [-0.05, 0) is 36.8 Å². The minimum absolute atomic E-state index is 0.0316. The molecule has 0 atom stereocenters. The Morgan fingerprint density at radius 3 is 2.48 bits per heavy atom. The zero-order chi connectivity index (χ0) is 20.8. The summed E-state index contributed by atoms with van der Waals surface area (Å²) in [5.41, 5.74) is 1.98. The first kappa shape index (κ1) is 20.3. The molecule has 1 heterocycles. The molecule has 3 aromatic rings. The monoisotopic (exact) mass is 410 g/mol. The zero-order valence-corrected chi connectivity index (χ0v) is 16.4. The third-order valence-corrected chi connectivity index (χ3v) is 4.50. The van der Waals surface area contributed by atoms with Crippen LogP contribution in [0.3, 0.4) is 0 Å². The van der Waals surface area contributed by atoms with Gasteiger partial charge in [-0.2, -0.15) is 5.10 Å². The quantitative estimate of drug-likeness (QED) is 0.653. The summed E-state index contributed by atoms with van der Waals surface area (Å²) in [5.74, 6) is -0.894. The van der Waals surface area contributed by atoms with Crippen LogP contribution in [0.2, 0.25) is 5.02 Å². The molecule has 0 saturated heterocycles. The normalized spacial score (nSPS) is 10.4. The van der Waals surface area contributed by atoms with Crippen molar-refractivity contribution < 1.29 is 9.59 Å². The summed E-state index contributed by atoms with van der Waals surface area (Å²) >= 11 is 6.06. The van der Waals surface area contributed by atoms with Gasteiger partial charge in [0.05, 0.1) is 0 Å². The molecule has 0 aliphatic heterocycles. The van der Waals surface area contributed by atoms with E-state index >= 15 is 0 Å². The highest BCUT2D eigenvalue weighted by atomic mass is 35.5. The highest BCUT2D eigenvalue weighted by Gasteiger charge is 2.12. The van der Waals surface area contributed by atoms with E-state index in [0.29, 0.717) is 10.7 Å². The van der Waals surface area contributed by atoms with E-state index in [9.17, 15) is 14.4 Å². The second-order valence-electron chi connectivity index (χ2n) is 6.40. The van der Waals surface area contributed by atoms with Gasteiger partial charge in [-0.25, -0.2) is 4.68 Å². The molecule has 148 valence electrons. The van der Waals surface area contributed by atoms with E-state index in [0.717, 1.165) is 15.8 Å². The van der Waals surface area contributed by atoms with Gasteiger partial charge in [0.25, 0.3) is 11.5 Å². The number of benzene rings is 2. The number of rotatable bonds is 6. The lowest BCUT2D eigenvalue weighted by Crippen LogP contribution is -2.34. The number of amides is 2. The van der Waals surface area contributed by atoms with E-state index in [4.69, 9.17) is 11.6 Å². The first-order valence-electron chi connectivity index (χ1n) is 8.88. The Bertz CT molecular complexity index is 1090. The number of hydrogen-bond acceptors (Lipinski definition) is 4. The SMILES string of the molecule is Cc1ccc(NC(=O)c2ccc(=O)n(CC(=O)NCc3ccccc3Cl)n2)cc1. The number of carbonyl (C=O) groups excluding carboxylic acids is 2. The average Bonchev–Trinajstić information content (AvgIpc) is 2.70. The topological polar surface area (TPSA) is 93.1 Å². The number of halogens is 1. The third-order valence-electron chi connectivity index (χ3n) is 4.14. The van der Waals surface area contributed by atoms with E-state index < -0.39 is 17.4 Å². The van der Waals surface area contributed by atoms with Crippen LogP contribution in [0, 0.1) is 6.92 Å². The molecule has 2 amide bonds. The van der Waals surface area contributed by atoms with Crippen LogP contribution in [0.15, 0.2) is 65.5 Å². The maximum absolute atomic E-state index is 12.4. The molecule has 0 aliphatic rings. The van der Waals surface area contributed by atoms with Crippen molar-refractivity contribution in [2.75, 3.05) is 5.32 Å². The van der Waals surface area contributed by atoms with Gasteiger partial charge < -0.3 is 10.6 Å². The van der Waals surface area contributed by atoms with Crippen LogP contribution in [0.25, 0.3) is 0 Å². The number of hydrogen-bond donors (Lipinski definition) is 2. The zero-order valence-electron chi connectivity index (χ0n) is 15.7. The summed E-state index contributed by atoms with van der Waals surface area (Å²) in [4.78, 5) is 36.6. The van der Waals surface area contributed by atoms with Crippen LogP contribution in [-0.4, -0.2) is 21.6 Å². The molecule has 0 radical (unpaired) electrons. The molecule has 7 nitrogen and oxygen atoms in total. The maximum atomic E-state index is 12.4. The Morgan fingerprint density at radius 2 is 1.76 bits per heavy atom. The molecule has 0 bridgehead atoms. The van der Waals surface area contributed by atoms with Crippen LogP contribution in [0.5, 0.6) is 0 Å². The minimum atomic E-state index is -0.482. The number of aromatic nitrogens is 2. The van der Waals surface area contributed by atoms with E-state index in [2.05, 4.69) is 15.7 Å². The molecule has 8 heteroatoms. The van der Waals surface area contributed by atoms with Crippen molar-refractivity contribution >= 4 is 29.1 Å². The van der Waals surface area contributed by atoms with Crippen molar-refractivity contribution in [3.63, 3.8) is 0 Å². The molecule has 2 N–H and O–H groups in total. The van der Waals surface area contributed by atoms with Gasteiger partial charge in [0, 0.05) is 23.3 Å². The van der Waals surface area contributed by atoms with Crippen molar-refractivity contribution in [1.82, 2.24) is 15.1 Å². The number of anilines is 1. The number of nitrogens with zero attached hydrogens (tertiary/aromatic N) is 2. The summed E-state index contributed by atoms with van der Waals surface area (Å²) in [6.45, 7) is 1.86. The molecule has 0 unspecified atom stereocenters. The Labute approximate surface area is 172 Å². The Kier molecular flexibility index (Phi) is 6.41. The standard InChI is InChI=1S/C21H19ClN4O3/c1-14-6-8-16(9-7-14)24-21(29)18-10-11-20(28)26(25-18)13-19(27)23-12-15-4-2-3-5-17(15)22/h2-11H,12-13H2,1H3,(H,23,27)(H,24,29). The van der Waals surface area contributed by atoms with Crippen LogP contribution < -0.4 is 16.2 Å². The first-order valence-corrected chi connectivity index (χ1v) is 9.26. The van der Waals surface area contributed by atoms with Gasteiger partial charge in [0.2, 0.25) is 5.91 Å². The van der Waals surface area contributed by atoms with Crippen LogP contribution >= 0.6 is 11.6 Å². The fourth-order valence-corrected chi connectivity index (χ4v) is 2.75. The summed E-state index contributed by atoms with van der Waals surface area (Å²) < 4.78 is 0.950. The highest BCUT2D eigenvalue weighted by Crippen LogP contribution is 2.14. The van der Waals surface area contributed by atoms with Gasteiger partial charge in [-0.1, -0.05) is 47.5 Å². The second kappa shape index (κ2) is 9.16. The fourth-order valence-electron chi connectivity index (χ4n) is 2.54. The highest BCUT2D eigenvalue weighted by molar-refractivity contribution is 6.31. The van der Waals surface area contributed by atoms with E-state index in [1.807, 2.05) is 25.1 Å². The van der Waals surface area contributed by atoms with E-state index in [-0.39, 0.29) is 18.8 Å². The largest absolute Gasteiger partial charge is 0.350 e. The van der Waals surface area contributed by atoms with Crippen molar-refractivity contribution in [3.05, 3.63) is 92.9 Å². The number of aryl methyl sites for hydroxylation is 1. The predicted molar refractivity (Wildman–Crippen MR) is 111 cm³/mol. The van der Waals surface area contributed by atoms with E-state index in [1.54, 1.807) is 30.3 Å². The lowest BCUT2D eigenvalue weighted by Gasteiger charge is -2.09. The van der Waals surface area contributed by atoms with Crippen LogP contribution in [-0.2, 0) is 17.9 Å². The molecular weight excluding hydrogens is 392 g/mol. The van der Waals surface area contributed by atoms with Crippen LogP contribution in [0.4, 0.5) is 5.69 Å². The van der Waals surface area contributed by atoms with Crippen molar-refractivity contribution in [2.45, 2.75) is 20.0 Å². The maximum Gasteiger partial charge on any atom is 0.276 e.